The average Bonchev–Trinajstić information content (AvgIpc) is 2.73. The van der Waals surface area contributed by atoms with Crippen LogP contribution in [-0.4, -0.2) is 5.91 Å². The van der Waals surface area contributed by atoms with Crippen LogP contribution in [-0.2, 0) is 6.18 Å². The van der Waals surface area contributed by atoms with Crippen LogP contribution in [0.5, 0.6) is 0 Å². The maximum Gasteiger partial charge on any atom is 0.416 e. The molecule has 7 heteroatoms. The van der Waals surface area contributed by atoms with Crippen LogP contribution in [0.25, 0.3) is 0 Å². The largest absolute Gasteiger partial charge is 0.416 e. The molecule has 2 aromatic rings. The zero-order chi connectivity index (χ0) is 13.6. The van der Waals surface area contributed by atoms with Crippen molar-refractivity contribution >= 4 is 34.7 Å². The van der Waals surface area contributed by atoms with Gasteiger partial charge < -0.3 is 5.32 Å². The standard InChI is InChI=1S/C12H6F3NOS2/c13-12(14,15)6-1-2-9-8(5-6)16-10(17)7-3-4-18-11(7)19-9/h1-5H,(H,16,17). The Kier molecular flexibility index (Phi) is 2.83. The molecule has 1 aromatic carbocycles. The highest BCUT2D eigenvalue weighted by molar-refractivity contribution is 8.01. The third-order valence-electron chi connectivity index (χ3n) is 2.63. The lowest BCUT2D eigenvalue weighted by molar-refractivity contribution is -0.137. The number of amides is 1. The number of rotatable bonds is 0. The number of hydrogen-bond acceptors (Lipinski definition) is 3. The fourth-order valence-corrected chi connectivity index (χ4v) is 3.80. The van der Waals surface area contributed by atoms with Crippen LogP contribution < -0.4 is 5.32 Å². The van der Waals surface area contributed by atoms with Crippen LogP contribution in [0.3, 0.4) is 0 Å². The maximum atomic E-state index is 12.6. The highest BCUT2D eigenvalue weighted by Crippen LogP contribution is 2.43. The first-order chi connectivity index (χ1) is 8.95. The van der Waals surface area contributed by atoms with E-state index in [1.165, 1.54) is 29.2 Å². The Morgan fingerprint density at radius 3 is 2.68 bits per heavy atom. The van der Waals surface area contributed by atoms with Gasteiger partial charge in [0.2, 0.25) is 0 Å². The Bertz CT molecular complexity index is 663. The quantitative estimate of drug-likeness (QED) is 0.777. The fourth-order valence-electron chi connectivity index (χ4n) is 1.73. The second-order valence-electron chi connectivity index (χ2n) is 3.89. The van der Waals surface area contributed by atoms with Crippen molar-refractivity contribution in [3.05, 3.63) is 40.8 Å². The summed E-state index contributed by atoms with van der Waals surface area (Å²) in [7, 11) is 0. The summed E-state index contributed by atoms with van der Waals surface area (Å²) in [5.74, 6) is -0.373. The van der Waals surface area contributed by atoms with Crippen LogP contribution >= 0.6 is 23.1 Å². The van der Waals surface area contributed by atoms with Crippen molar-refractivity contribution in [3.63, 3.8) is 0 Å². The molecule has 19 heavy (non-hydrogen) atoms. The lowest BCUT2D eigenvalue weighted by atomic mass is 10.2. The topological polar surface area (TPSA) is 29.1 Å². The predicted molar refractivity (Wildman–Crippen MR) is 67.8 cm³/mol. The molecule has 0 bridgehead atoms. The SMILES string of the molecule is O=C1Nc2cc(C(F)(F)F)ccc2Sc2sccc21. The highest BCUT2D eigenvalue weighted by atomic mass is 32.2. The van der Waals surface area contributed by atoms with Crippen LogP contribution in [0.15, 0.2) is 38.8 Å². The van der Waals surface area contributed by atoms with Gasteiger partial charge in [-0.05, 0) is 29.6 Å². The molecule has 0 saturated carbocycles. The van der Waals surface area contributed by atoms with Gasteiger partial charge in [0.25, 0.3) is 5.91 Å². The molecule has 0 atom stereocenters. The summed E-state index contributed by atoms with van der Waals surface area (Å²) in [5.41, 5.74) is -0.0645. The van der Waals surface area contributed by atoms with E-state index in [1.54, 1.807) is 11.4 Å². The molecular weight excluding hydrogens is 295 g/mol. The Balaban J connectivity index is 2.08. The summed E-state index contributed by atoms with van der Waals surface area (Å²) in [6.45, 7) is 0. The van der Waals surface area contributed by atoms with Crippen LogP contribution in [0, 0.1) is 0 Å². The predicted octanol–water partition coefficient (Wildman–Crippen LogP) is 4.48. The van der Waals surface area contributed by atoms with Crippen molar-refractivity contribution in [2.24, 2.45) is 0 Å². The minimum atomic E-state index is -4.42. The number of alkyl halides is 3. The molecule has 1 aliphatic heterocycles. The zero-order valence-corrected chi connectivity index (χ0v) is 10.9. The molecule has 1 aliphatic rings. The smallest absolute Gasteiger partial charge is 0.321 e. The van der Waals surface area contributed by atoms with Gasteiger partial charge in [-0.15, -0.1) is 11.3 Å². The van der Waals surface area contributed by atoms with Gasteiger partial charge in [-0.1, -0.05) is 11.8 Å². The second kappa shape index (κ2) is 4.28. The second-order valence-corrected chi connectivity index (χ2v) is 6.11. The summed E-state index contributed by atoms with van der Waals surface area (Å²) in [6, 6.07) is 5.05. The molecule has 2 heterocycles. The third-order valence-corrected chi connectivity index (χ3v) is 4.86. The van der Waals surface area contributed by atoms with Gasteiger partial charge in [0.1, 0.15) is 0 Å². The van der Waals surface area contributed by atoms with Crippen LogP contribution in [0.2, 0.25) is 0 Å². The number of benzene rings is 1. The molecule has 1 amide bonds. The summed E-state index contributed by atoms with van der Waals surface area (Å²) in [5, 5.41) is 4.31. The summed E-state index contributed by atoms with van der Waals surface area (Å²) in [6.07, 6.45) is -4.42. The van der Waals surface area contributed by atoms with E-state index in [0.29, 0.717) is 10.5 Å². The number of halogens is 3. The van der Waals surface area contributed by atoms with E-state index >= 15 is 0 Å². The minimum absolute atomic E-state index is 0.202. The van der Waals surface area contributed by atoms with Gasteiger partial charge >= 0.3 is 6.18 Å². The van der Waals surface area contributed by atoms with Crippen molar-refractivity contribution < 1.29 is 18.0 Å². The van der Waals surface area contributed by atoms with E-state index in [9.17, 15) is 18.0 Å². The van der Waals surface area contributed by atoms with Gasteiger partial charge in [0, 0.05) is 4.90 Å². The molecular formula is C12H6F3NOS2. The number of carbonyl (C=O) groups is 1. The van der Waals surface area contributed by atoms with E-state index < -0.39 is 11.7 Å². The van der Waals surface area contributed by atoms with Gasteiger partial charge in [0.15, 0.2) is 0 Å². The maximum absolute atomic E-state index is 12.6. The van der Waals surface area contributed by atoms with Crippen molar-refractivity contribution in [3.8, 4) is 0 Å². The Morgan fingerprint density at radius 2 is 1.95 bits per heavy atom. The summed E-state index contributed by atoms with van der Waals surface area (Å²) >= 11 is 2.70. The molecule has 0 unspecified atom stereocenters. The number of carbonyl (C=O) groups excluding carboxylic acids is 1. The van der Waals surface area contributed by atoms with E-state index in [0.717, 1.165) is 16.3 Å². The van der Waals surface area contributed by atoms with Crippen molar-refractivity contribution in [1.29, 1.82) is 0 Å². The highest BCUT2D eigenvalue weighted by Gasteiger charge is 2.32. The molecule has 2 nitrogen and oxygen atoms in total. The number of anilines is 1. The van der Waals surface area contributed by atoms with Gasteiger partial charge in [-0.3, -0.25) is 4.79 Å². The zero-order valence-electron chi connectivity index (χ0n) is 9.25. The van der Waals surface area contributed by atoms with Crippen molar-refractivity contribution in [1.82, 2.24) is 0 Å². The number of fused-ring (bicyclic) bond motifs is 2. The first-order valence-corrected chi connectivity index (χ1v) is 6.93. The Morgan fingerprint density at radius 1 is 1.16 bits per heavy atom. The normalized spacial score (nSPS) is 14.4. The lowest BCUT2D eigenvalue weighted by Crippen LogP contribution is -2.12. The molecule has 0 spiro atoms. The monoisotopic (exact) mass is 301 g/mol. The van der Waals surface area contributed by atoms with Gasteiger partial charge in [-0.2, -0.15) is 13.2 Å². The molecule has 0 saturated heterocycles. The number of nitrogens with one attached hydrogen (secondary N) is 1. The van der Waals surface area contributed by atoms with E-state index in [4.69, 9.17) is 0 Å². The molecule has 0 fully saturated rings. The van der Waals surface area contributed by atoms with Gasteiger partial charge in [-0.25, -0.2) is 0 Å². The van der Waals surface area contributed by atoms with E-state index in [1.807, 2.05) is 0 Å². The fraction of sp³-hybridized carbons (Fsp3) is 0.0833. The minimum Gasteiger partial charge on any atom is -0.321 e. The third kappa shape index (κ3) is 2.23. The average molecular weight is 301 g/mol. The van der Waals surface area contributed by atoms with Gasteiger partial charge in [0.05, 0.1) is 21.0 Å². The van der Waals surface area contributed by atoms with Crippen LogP contribution in [0.1, 0.15) is 15.9 Å². The molecule has 1 aromatic heterocycles. The van der Waals surface area contributed by atoms with E-state index in [-0.39, 0.29) is 11.6 Å². The van der Waals surface area contributed by atoms with Crippen molar-refractivity contribution in [2.75, 3.05) is 5.32 Å². The molecule has 3 rings (SSSR count). The molecule has 98 valence electrons. The summed E-state index contributed by atoms with van der Waals surface area (Å²) in [4.78, 5) is 12.5. The first-order valence-electron chi connectivity index (χ1n) is 5.23. The first kappa shape index (κ1) is 12.6. The van der Waals surface area contributed by atoms with E-state index in [2.05, 4.69) is 5.32 Å². The van der Waals surface area contributed by atoms with Crippen molar-refractivity contribution in [2.45, 2.75) is 15.3 Å². The molecule has 0 radical (unpaired) electrons. The molecule has 1 N–H and O–H groups in total. The Labute approximate surface area is 114 Å². The lowest BCUT2D eigenvalue weighted by Gasteiger charge is -2.11. The molecule has 0 aliphatic carbocycles. The van der Waals surface area contributed by atoms with Crippen LogP contribution in [0.4, 0.5) is 18.9 Å². The number of hydrogen-bond donors (Lipinski definition) is 1. The summed E-state index contributed by atoms with van der Waals surface area (Å²) < 4.78 is 38.7. The number of thiophene rings is 1. The Hall–Kier alpha value is -1.47.